The molecule has 1 aromatic rings. The summed E-state index contributed by atoms with van der Waals surface area (Å²) in [5, 5.41) is 3.06. The molecule has 6 heteroatoms. The van der Waals surface area contributed by atoms with Crippen molar-refractivity contribution < 1.29 is 4.74 Å². The molecular weight excluding hydrogens is 216 g/mol. The third-order valence-electron chi connectivity index (χ3n) is 1.47. The first-order valence-electron chi connectivity index (χ1n) is 4.65. The molecule has 0 radical (unpaired) electrons. The molecule has 0 spiro atoms. The molecule has 1 heterocycles. The molecule has 0 unspecified atom stereocenters. The third-order valence-corrected chi connectivity index (χ3v) is 1.64. The van der Waals surface area contributed by atoms with Crippen molar-refractivity contribution in [3.05, 3.63) is 17.4 Å². The van der Waals surface area contributed by atoms with Gasteiger partial charge in [0.15, 0.2) is 0 Å². The lowest BCUT2D eigenvalue weighted by Gasteiger charge is -2.04. The van der Waals surface area contributed by atoms with Gasteiger partial charge in [-0.3, -0.25) is 0 Å². The van der Waals surface area contributed by atoms with Crippen molar-refractivity contribution >= 4 is 17.5 Å². The predicted molar refractivity (Wildman–Crippen MR) is 59.3 cm³/mol. The van der Waals surface area contributed by atoms with Crippen molar-refractivity contribution in [2.45, 2.75) is 13.8 Å². The number of hydrogen-bond donors (Lipinski definition) is 1. The second-order valence-corrected chi connectivity index (χ2v) is 2.96. The molecule has 0 bridgehead atoms. The number of aromatic nitrogens is 3. The van der Waals surface area contributed by atoms with Crippen LogP contribution in [0.2, 0.25) is 5.28 Å². The first-order chi connectivity index (χ1) is 7.26. The van der Waals surface area contributed by atoms with Crippen LogP contribution in [0, 0.1) is 0 Å². The number of nitrogens with zero attached hydrogens (tertiary/aromatic N) is 3. The molecule has 5 nitrogen and oxygen atoms in total. The van der Waals surface area contributed by atoms with Crippen LogP contribution in [0.4, 0.5) is 5.95 Å². The van der Waals surface area contributed by atoms with E-state index in [0.717, 1.165) is 0 Å². The van der Waals surface area contributed by atoms with Crippen molar-refractivity contribution in [1.29, 1.82) is 0 Å². The number of halogens is 1. The summed E-state index contributed by atoms with van der Waals surface area (Å²) in [6, 6.07) is 0.226. The molecule has 0 amide bonds. The zero-order chi connectivity index (χ0) is 11.1. The van der Waals surface area contributed by atoms with Gasteiger partial charge in [-0.2, -0.15) is 15.0 Å². The zero-order valence-electron chi connectivity index (χ0n) is 8.70. The summed E-state index contributed by atoms with van der Waals surface area (Å²) in [6.45, 7) is 4.99. The smallest absolute Gasteiger partial charge is 0.322 e. The second-order valence-electron chi connectivity index (χ2n) is 2.62. The highest BCUT2D eigenvalue weighted by molar-refractivity contribution is 6.28. The number of rotatable bonds is 5. The Morgan fingerprint density at radius 1 is 1.40 bits per heavy atom. The molecule has 0 aliphatic heterocycles. The van der Waals surface area contributed by atoms with E-state index >= 15 is 0 Å². The zero-order valence-corrected chi connectivity index (χ0v) is 9.45. The predicted octanol–water partition coefficient (Wildman–Crippen LogP) is 1.91. The largest absolute Gasteiger partial charge is 0.459 e. The molecule has 82 valence electrons. The van der Waals surface area contributed by atoms with E-state index in [-0.39, 0.29) is 11.3 Å². The Labute approximate surface area is 93.6 Å². The molecule has 15 heavy (non-hydrogen) atoms. The number of allylic oxidation sites excluding steroid dienone is 1. The molecule has 0 saturated heterocycles. The van der Waals surface area contributed by atoms with Gasteiger partial charge < -0.3 is 10.1 Å². The van der Waals surface area contributed by atoms with E-state index in [4.69, 9.17) is 16.3 Å². The van der Waals surface area contributed by atoms with E-state index in [0.29, 0.717) is 19.1 Å². The van der Waals surface area contributed by atoms with Gasteiger partial charge in [0, 0.05) is 6.54 Å². The lowest BCUT2D eigenvalue weighted by Crippen LogP contribution is -2.06. The maximum absolute atomic E-state index is 5.70. The molecule has 0 fully saturated rings. The summed E-state index contributed by atoms with van der Waals surface area (Å²) in [6.07, 6.45) is 3.73. The summed E-state index contributed by atoms with van der Waals surface area (Å²) >= 11 is 5.70. The lowest BCUT2D eigenvalue weighted by molar-refractivity contribution is 0.332. The molecule has 0 aliphatic rings. The molecule has 1 rings (SSSR count). The van der Waals surface area contributed by atoms with Crippen LogP contribution in [0.5, 0.6) is 6.01 Å². The van der Waals surface area contributed by atoms with E-state index in [1.807, 2.05) is 26.0 Å². The molecule has 1 aromatic heterocycles. The van der Waals surface area contributed by atoms with Gasteiger partial charge in [0.2, 0.25) is 11.2 Å². The van der Waals surface area contributed by atoms with Crippen LogP contribution < -0.4 is 10.1 Å². The van der Waals surface area contributed by atoms with E-state index in [1.165, 1.54) is 0 Å². The van der Waals surface area contributed by atoms with Gasteiger partial charge in [0.1, 0.15) is 6.61 Å². The Morgan fingerprint density at radius 2 is 2.20 bits per heavy atom. The fraction of sp³-hybridized carbons (Fsp3) is 0.444. The van der Waals surface area contributed by atoms with Crippen molar-refractivity contribution in [3.8, 4) is 6.01 Å². The molecular formula is C9H13ClN4O. The topological polar surface area (TPSA) is 59.9 Å². The Morgan fingerprint density at radius 3 is 2.87 bits per heavy atom. The van der Waals surface area contributed by atoms with Gasteiger partial charge in [-0.05, 0) is 25.4 Å². The van der Waals surface area contributed by atoms with Crippen LogP contribution in [-0.4, -0.2) is 28.1 Å². The molecule has 0 atom stereocenters. The SMILES string of the molecule is C/C=C/COc1nc(Cl)nc(NCC)n1. The van der Waals surface area contributed by atoms with Gasteiger partial charge in [0.25, 0.3) is 0 Å². The fourth-order valence-electron chi connectivity index (χ4n) is 0.852. The number of anilines is 1. The monoisotopic (exact) mass is 228 g/mol. The molecule has 0 aliphatic carbocycles. The Kier molecular flexibility index (Phi) is 4.83. The Hall–Kier alpha value is -1.36. The van der Waals surface area contributed by atoms with Crippen molar-refractivity contribution in [1.82, 2.24) is 15.0 Å². The highest BCUT2D eigenvalue weighted by atomic mass is 35.5. The highest BCUT2D eigenvalue weighted by Crippen LogP contribution is 2.10. The summed E-state index contributed by atoms with van der Waals surface area (Å²) in [5.74, 6) is 0.424. The molecule has 0 aromatic carbocycles. The normalized spacial score (nSPS) is 10.6. The van der Waals surface area contributed by atoms with Gasteiger partial charge in [-0.25, -0.2) is 0 Å². The van der Waals surface area contributed by atoms with Gasteiger partial charge in [-0.1, -0.05) is 12.2 Å². The van der Waals surface area contributed by atoms with E-state index in [1.54, 1.807) is 0 Å². The van der Waals surface area contributed by atoms with Crippen molar-refractivity contribution in [2.24, 2.45) is 0 Å². The average molecular weight is 229 g/mol. The van der Waals surface area contributed by atoms with Crippen molar-refractivity contribution in [3.63, 3.8) is 0 Å². The van der Waals surface area contributed by atoms with Crippen LogP contribution >= 0.6 is 11.6 Å². The number of ether oxygens (including phenoxy) is 1. The van der Waals surface area contributed by atoms with Gasteiger partial charge >= 0.3 is 6.01 Å². The third kappa shape index (κ3) is 4.12. The van der Waals surface area contributed by atoms with Crippen LogP contribution in [0.3, 0.4) is 0 Å². The summed E-state index contributed by atoms with van der Waals surface area (Å²) in [7, 11) is 0. The number of nitrogens with one attached hydrogen (secondary N) is 1. The Balaban J connectivity index is 2.70. The second kappa shape index (κ2) is 6.19. The maximum atomic E-state index is 5.70. The Bertz CT molecular complexity index is 343. The minimum atomic E-state index is 0.122. The lowest BCUT2D eigenvalue weighted by atomic mass is 10.6. The minimum absolute atomic E-state index is 0.122. The summed E-state index contributed by atoms with van der Waals surface area (Å²) < 4.78 is 5.24. The van der Waals surface area contributed by atoms with E-state index < -0.39 is 0 Å². The number of hydrogen-bond acceptors (Lipinski definition) is 5. The van der Waals surface area contributed by atoms with Gasteiger partial charge in [-0.15, -0.1) is 0 Å². The van der Waals surface area contributed by atoms with Crippen LogP contribution in [0.15, 0.2) is 12.2 Å². The van der Waals surface area contributed by atoms with Gasteiger partial charge in [0.05, 0.1) is 0 Å². The molecule has 1 N–H and O–H groups in total. The van der Waals surface area contributed by atoms with Crippen molar-refractivity contribution in [2.75, 3.05) is 18.5 Å². The van der Waals surface area contributed by atoms with Crippen LogP contribution in [0.25, 0.3) is 0 Å². The fourth-order valence-corrected chi connectivity index (χ4v) is 1.00. The first-order valence-corrected chi connectivity index (χ1v) is 5.03. The van der Waals surface area contributed by atoms with Crippen LogP contribution in [0.1, 0.15) is 13.8 Å². The standard InChI is InChI=1S/C9H13ClN4O/c1-3-5-6-15-9-13-7(10)12-8(14-9)11-4-2/h3,5H,4,6H2,1-2H3,(H,11,12,13,14)/b5-3+. The quantitative estimate of drug-likeness (QED) is 0.781. The molecule has 0 saturated carbocycles. The average Bonchev–Trinajstić information content (AvgIpc) is 2.18. The van der Waals surface area contributed by atoms with E-state index in [2.05, 4.69) is 20.3 Å². The highest BCUT2D eigenvalue weighted by Gasteiger charge is 2.04. The summed E-state index contributed by atoms with van der Waals surface area (Å²) in [4.78, 5) is 11.7. The first kappa shape index (κ1) is 11.7. The summed E-state index contributed by atoms with van der Waals surface area (Å²) in [5.41, 5.74) is 0. The maximum Gasteiger partial charge on any atom is 0.322 e. The van der Waals surface area contributed by atoms with Crippen LogP contribution in [-0.2, 0) is 0 Å². The van der Waals surface area contributed by atoms with E-state index in [9.17, 15) is 0 Å². The minimum Gasteiger partial charge on any atom is -0.459 e.